The molecule has 286 valence electrons. The minimum absolute atomic E-state index is 0.0607. The molecule has 1 amide bonds. The third kappa shape index (κ3) is 6.44. The van der Waals surface area contributed by atoms with Crippen molar-refractivity contribution in [3.8, 4) is 17.3 Å². The van der Waals surface area contributed by atoms with Crippen molar-refractivity contribution >= 4 is 45.0 Å². The van der Waals surface area contributed by atoms with Gasteiger partial charge in [-0.25, -0.2) is 19.7 Å². The Morgan fingerprint density at radius 1 is 1.13 bits per heavy atom. The van der Waals surface area contributed by atoms with Gasteiger partial charge in [-0.2, -0.15) is 9.97 Å². The topological polar surface area (TPSA) is 91.5 Å². The van der Waals surface area contributed by atoms with Crippen molar-refractivity contribution in [2.45, 2.75) is 55.5 Å². The summed E-state index contributed by atoms with van der Waals surface area (Å²) in [6, 6.07) is 8.21. The molecule has 5 aliphatic rings. The van der Waals surface area contributed by atoms with Gasteiger partial charge in [0, 0.05) is 74.5 Å². The fraction of sp³-hybridized carbons (Fsp3) is 0.475. The fourth-order valence-electron chi connectivity index (χ4n) is 9.35. The van der Waals surface area contributed by atoms with Crippen LogP contribution in [0.4, 0.5) is 19.0 Å². The van der Waals surface area contributed by atoms with Crippen molar-refractivity contribution in [2.24, 2.45) is 0 Å². The molecule has 55 heavy (non-hydrogen) atoms. The van der Waals surface area contributed by atoms with Crippen LogP contribution in [0, 0.1) is 18.2 Å². The molecule has 2 aromatic heterocycles. The highest BCUT2D eigenvalue weighted by atomic mass is 35.5. The number of anilines is 1. The average Bonchev–Trinajstić information content (AvgIpc) is 3.73. The Labute approximate surface area is 321 Å². The average molecular weight is 773 g/mol. The van der Waals surface area contributed by atoms with Gasteiger partial charge in [0.05, 0.1) is 29.2 Å². The van der Waals surface area contributed by atoms with Crippen LogP contribution in [0.2, 0.25) is 5.02 Å². The Hall–Kier alpha value is -4.55. The van der Waals surface area contributed by atoms with E-state index in [4.69, 9.17) is 32.6 Å². The molecule has 5 fully saturated rings. The summed E-state index contributed by atoms with van der Waals surface area (Å²) < 4.78 is 58.1. The van der Waals surface area contributed by atoms with E-state index in [1.54, 1.807) is 35.2 Å². The lowest BCUT2D eigenvalue weighted by atomic mass is 9.91. The highest BCUT2D eigenvalue weighted by molar-refractivity contribution is 6.36. The first-order valence-corrected chi connectivity index (χ1v) is 19.2. The van der Waals surface area contributed by atoms with Gasteiger partial charge >= 0.3 is 6.01 Å². The van der Waals surface area contributed by atoms with Crippen molar-refractivity contribution in [3.05, 3.63) is 76.8 Å². The van der Waals surface area contributed by atoms with Crippen LogP contribution >= 0.6 is 11.6 Å². The van der Waals surface area contributed by atoms with Crippen LogP contribution in [0.5, 0.6) is 6.01 Å². The molecule has 0 spiro atoms. The summed E-state index contributed by atoms with van der Waals surface area (Å²) in [6.45, 7) is 12.0. The molecule has 0 N–H and O–H groups in total. The number of fused-ring (bicyclic) bond motifs is 5. The van der Waals surface area contributed by atoms with Crippen molar-refractivity contribution in [3.63, 3.8) is 0 Å². The highest BCUT2D eigenvalue weighted by Crippen LogP contribution is 2.42. The molecule has 2 aromatic carbocycles. The number of aromatic nitrogens is 3. The van der Waals surface area contributed by atoms with E-state index in [0.29, 0.717) is 85.4 Å². The summed E-state index contributed by atoms with van der Waals surface area (Å²) in [5.41, 5.74) is -0.325. The van der Waals surface area contributed by atoms with Crippen LogP contribution in [-0.4, -0.2) is 131 Å². The van der Waals surface area contributed by atoms with Gasteiger partial charge in [-0.05, 0) is 37.3 Å². The van der Waals surface area contributed by atoms with Gasteiger partial charge in [0.1, 0.15) is 41.7 Å². The molecule has 2 bridgehead atoms. The monoisotopic (exact) mass is 772 g/mol. The van der Waals surface area contributed by atoms with E-state index >= 15 is 4.39 Å². The molecule has 7 heterocycles. The minimum atomic E-state index is -0.960. The number of hydrogen-bond acceptors (Lipinski definition) is 9. The molecular weight excluding hydrogens is 733 g/mol. The molecule has 4 aromatic rings. The third-order valence-corrected chi connectivity index (χ3v) is 12.5. The molecule has 0 radical (unpaired) electrons. The van der Waals surface area contributed by atoms with Crippen LogP contribution in [0.3, 0.4) is 0 Å². The zero-order chi connectivity index (χ0) is 37.8. The van der Waals surface area contributed by atoms with Crippen molar-refractivity contribution < 1.29 is 27.4 Å². The lowest BCUT2D eigenvalue weighted by molar-refractivity contribution is -0.128. The van der Waals surface area contributed by atoms with Crippen LogP contribution in [0.25, 0.3) is 37.8 Å². The Kier molecular flexibility index (Phi) is 9.52. The normalized spacial score (nSPS) is 26.8. The van der Waals surface area contributed by atoms with Gasteiger partial charge in [-0.1, -0.05) is 41.9 Å². The summed E-state index contributed by atoms with van der Waals surface area (Å²) in [5, 5.41) is 1.10. The lowest BCUT2D eigenvalue weighted by Gasteiger charge is -2.52. The number of piperazine rings is 1. The fourth-order valence-corrected chi connectivity index (χ4v) is 9.62. The van der Waals surface area contributed by atoms with E-state index in [9.17, 15) is 13.6 Å². The van der Waals surface area contributed by atoms with E-state index in [0.717, 1.165) is 25.8 Å². The maximum Gasteiger partial charge on any atom is 0.319 e. The number of benzene rings is 2. The van der Waals surface area contributed by atoms with Gasteiger partial charge in [0.25, 0.3) is 0 Å². The number of pyridine rings is 1. The summed E-state index contributed by atoms with van der Waals surface area (Å²) in [4.78, 5) is 39.2. The van der Waals surface area contributed by atoms with Crippen LogP contribution in [0.1, 0.15) is 25.7 Å². The number of morpholine rings is 1. The summed E-state index contributed by atoms with van der Waals surface area (Å²) >= 11 is 6.44. The first-order valence-electron chi connectivity index (χ1n) is 18.9. The maximum atomic E-state index is 17.0. The maximum absolute atomic E-state index is 17.0. The number of rotatable bonds is 9. The van der Waals surface area contributed by atoms with Crippen molar-refractivity contribution in [2.75, 3.05) is 70.5 Å². The van der Waals surface area contributed by atoms with Crippen molar-refractivity contribution in [1.82, 2.24) is 29.7 Å². The number of amides is 1. The van der Waals surface area contributed by atoms with Crippen LogP contribution in [-0.2, 0) is 9.53 Å². The second-order valence-electron chi connectivity index (χ2n) is 15.3. The zero-order valence-electron chi connectivity index (χ0n) is 30.1. The number of halogens is 4. The van der Waals surface area contributed by atoms with E-state index in [2.05, 4.69) is 24.6 Å². The first-order chi connectivity index (χ1) is 26.7. The van der Waals surface area contributed by atoms with E-state index in [-0.39, 0.29) is 47.8 Å². The van der Waals surface area contributed by atoms with Gasteiger partial charge in [0.15, 0.2) is 5.82 Å². The van der Waals surface area contributed by atoms with E-state index in [1.165, 1.54) is 12.3 Å². The Balaban J connectivity index is 1.05. The quantitative estimate of drug-likeness (QED) is 0.157. The second kappa shape index (κ2) is 14.5. The van der Waals surface area contributed by atoms with Crippen molar-refractivity contribution in [1.29, 1.82) is 0 Å². The minimum Gasteiger partial charge on any atom is -0.461 e. The van der Waals surface area contributed by atoms with Gasteiger partial charge < -0.3 is 24.1 Å². The summed E-state index contributed by atoms with van der Waals surface area (Å²) in [5.74, 6) is -1.22. The molecule has 2 unspecified atom stereocenters. The number of nitrogens with zero attached hydrogens (tertiary/aromatic N) is 8. The third-order valence-electron chi connectivity index (χ3n) is 12.1. The van der Waals surface area contributed by atoms with Gasteiger partial charge in [-0.15, -0.1) is 0 Å². The predicted octanol–water partition coefficient (Wildman–Crippen LogP) is 5.70. The standard InChI is InChI=1S/C40H40ClF3N8O3/c1-45-17-28-20-49(13-14-52(28)32(53)7-3-12-51-26-15-27(51)22-54-21-26)38-30-18-46-36(29-6-2-5-24-8-9-31(43)34(41)33(24)29)35(44)37(30)47-39(48-38)55-23-40-10-4-11-50(40)19-25(42)16-40/h2-3,5-9,18,25-28H,4,10-17,19-23H2/b7-3+/t25-,26?,27?,28+,40+/m1/s1. The van der Waals surface area contributed by atoms with Gasteiger partial charge in [0.2, 0.25) is 12.5 Å². The largest absolute Gasteiger partial charge is 0.461 e. The molecule has 15 heteroatoms. The molecule has 11 nitrogen and oxygen atoms in total. The smallest absolute Gasteiger partial charge is 0.319 e. The lowest BCUT2D eigenvalue weighted by Crippen LogP contribution is -2.63. The number of carbonyl (C=O) groups is 1. The van der Waals surface area contributed by atoms with Crippen LogP contribution < -0.4 is 9.64 Å². The first kappa shape index (κ1) is 36.1. The summed E-state index contributed by atoms with van der Waals surface area (Å²) in [7, 11) is 0. The molecule has 0 saturated carbocycles. The van der Waals surface area contributed by atoms with E-state index < -0.39 is 29.4 Å². The molecule has 9 rings (SSSR count). The Morgan fingerprint density at radius 3 is 2.80 bits per heavy atom. The van der Waals surface area contributed by atoms with Gasteiger partial charge in [-0.3, -0.25) is 19.6 Å². The number of hydrogen-bond donors (Lipinski definition) is 0. The molecule has 5 aliphatic heterocycles. The Morgan fingerprint density at radius 2 is 1.98 bits per heavy atom. The molecular formula is C40H40ClF3N8O3. The SMILES string of the molecule is [C-]#[N+]C[C@H]1CN(c2nc(OC[C@@]34CCCN3C[C@H](F)C4)nc3c(F)c(-c4cccc5ccc(F)c(Cl)c45)ncc23)CCN1C(=O)/C=C/CN1C2COCC1C2. The molecule has 5 atom stereocenters. The number of carbonyl (C=O) groups excluding carboxylic acids is 1. The molecule has 5 saturated heterocycles. The predicted molar refractivity (Wildman–Crippen MR) is 202 cm³/mol. The van der Waals surface area contributed by atoms with Crippen LogP contribution in [0.15, 0.2) is 48.7 Å². The van der Waals surface area contributed by atoms with E-state index in [1.807, 2.05) is 11.0 Å². The number of alkyl halides is 1. The highest BCUT2D eigenvalue weighted by Gasteiger charge is 2.49. The Bertz CT molecular complexity index is 2230. The summed E-state index contributed by atoms with van der Waals surface area (Å²) in [6.07, 6.45) is 7.16. The second-order valence-corrected chi connectivity index (χ2v) is 15.7. The zero-order valence-corrected chi connectivity index (χ0v) is 30.9. The molecule has 0 aliphatic carbocycles. The number of ether oxygens (including phenoxy) is 2.